The number of carbonyl (C=O) groups excluding carboxylic acids is 2. The van der Waals surface area contributed by atoms with Crippen molar-refractivity contribution in [2.45, 2.75) is 103 Å². The standard InChI is InChI=1S/C28H41NO8/c1-16(8-11-25-28(34)18(3)13-22(37-25)15-27(32)33)7-10-24-17(2)14-23(20(5)36-24)29-26(31)12-9-19(4)35-21(6)30/h7-9,11-12,17,19-20,22-25,28,34H,3,10,13-15H2,1-2,4-6H3,(H,29,31)(H,32,33)/b11-8+,12-9-,16-7+/t17-,19-,20+,22?,23+,24-,25+,28?/m0/s1. The van der Waals surface area contributed by atoms with Gasteiger partial charge in [0.15, 0.2) is 0 Å². The Morgan fingerprint density at radius 2 is 1.92 bits per heavy atom. The number of amides is 1. The zero-order chi connectivity index (χ0) is 27.7. The van der Waals surface area contributed by atoms with Gasteiger partial charge in [0.25, 0.3) is 0 Å². The summed E-state index contributed by atoms with van der Waals surface area (Å²) in [5.74, 6) is -1.40. The van der Waals surface area contributed by atoms with E-state index in [1.165, 1.54) is 19.1 Å². The Bertz CT molecular complexity index is 923. The molecule has 0 aromatic heterocycles. The van der Waals surface area contributed by atoms with E-state index in [0.717, 1.165) is 12.0 Å². The second-order valence-electron chi connectivity index (χ2n) is 10.1. The Labute approximate surface area is 219 Å². The predicted octanol–water partition coefficient (Wildman–Crippen LogP) is 3.23. The lowest BCUT2D eigenvalue weighted by atomic mass is 9.88. The largest absolute Gasteiger partial charge is 0.481 e. The fraction of sp³-hybridized carbons (Fsp3) is 0.607. The molecule has 2 fully saturated rings. The number of carbonyl (C=O) groups is 3. The minimum absolute atomic E-state index is 0.0118. The average Bonchev–Trinajstić information content (AvgIpc) is 2.79. The van der Waals surface area contributed by atoms with Crippen molar-refractivity contribution in [3.63, 3.8) is 0 Å². The normalized spacial score (nSPS) is 31.9. The first-order valence-corrected chi connectivity index (χ1v) is 12.7. The number of hydrogen-bond donors (Lipinski definition) is 3. The number of esters is 1. The number of aliphatic hydroxyl groups is 1. The number of aliphatic carboxylic acids is 1. The molecule has 2 aliphatic heterocycles. The van der Waals surface area contributed by atoms with E-state index in [1.54, 1.807) is 13.0 Å². The summed E-state index contributed by atoms with van der Waals surface area (Å²) < 4.78 is 16.9. The van der Waals surface area contributed by atoms with Gasteiger partial charge in [-0.1, -0.05) is 37.3 Å². The first-order valence-electron chi connectivity index (χ1n) is 12.7. The van der Waals surface area contributed by atoms with E-state index in [0.29, 0.717) is 18.4 Å². The predicted molar refractivity (Wildman–Crippen MR) is 139 cm³/mol. The van der Waals surface area contributed by atoms with Gasteiger partial charge >= 0.3 is 11.9 Å². The molecule has 2 unspecified atom stereocenters. The molecule has 9 heteroatoms. The first-order chi connectivity index (χ1) is 17.3. The summed E-state index contributed by atoms with van der Waals surface area (Å²) in [6.45, 7) is 12.8. The Morgan fingerprint density at radius 3 is 2.57 bits per heavy atom. The van der Waals surface area contributed by atoms with Gasteiger partial charge in [0.2, 0.25) is 5.91 Å². The lowest BCUT2D eigenvalue weighted by Gasteiger charge is -2.39. The second kappa shape index (κ2) is 14.3. The van der Waals surface area contributed by atoms with Gasteiger partial charge in [-0.3, -0.25) is 14.4 Å². The summed E-state index contributed by atoms with van der Waals surface area (Å²) in [5, 5.41) is 22.4. The van der Waals surface area contributed by atoms with Gasteiger partial charge in [0, 0.05) is 13.0 Å². The lowest BCUT2D eigenvalue weighted by Crippen LogP contribution is -2.50. The van der Waals surface area contributed by atoms with Crippen LogP contribution in [0.25, 0.3) is 0 Å². The molecule has 8 atom stereocenters. The average molecular weight is 520 g/mol. The molecular weight excluding hydrogens is 478 g/mol. The maximum absolute atomic E-state index is 12.3. The minimum atomic E-state index is -0.948. The topological polar surface area (TPSA) is 131 Å². The molecule has 0 bridgehead atoms. The van der Waals surface area contributed by atoms with Crippen LogP contribution < -0.4 is 5.32 Å². The highest BCUT2D eigenvalue weighted by Gasteiger charge is 2.34. The van der Waals surface area contributed by atoms with Crippen molar-refractivity contribution in [1.29, 1.82) is 0 Å². The number of hydrogen-bond acceptors (Lipinski definition) is 7. The third-order valence-electron chi connectivity index (χ3n) is 6.61. The van der Waals surface area contributed by atoms with Crippen molar-refractivity contribution in [3.05, 3.63) is 48.1 Å². The molecule has 9 nitrogen and oxygen atoms in total. The van der Waals surface area contributed by atoms with Crippen LogP contribution in [-0.4, -0.2) is 70.7 Å². The van der Waals surface area contributed by atoms with Crippen LogP contribution in [0.5, 0.6) is 0 Å². The Kier molecular flexibility index (Phi) is 11.7. The minimum Gasteiger partial charge on any atom is -0.481 e. The molecular formula is C28H41NO8. The zero-order valence-corrected chi connectivity index (χ0v) is 22.4. The fourth-order valence-electron chi connectivity index (χ4n) is 4.54. The number of nitrogens with one attached hydrogen (secondary N) is 1. The van der Waals surface area contributed by atoms with Gasteiger partial charge in [0.1, 0.15) is 18.3 Å². The van der Waals surface area contributed by atoms with Crippen LogP contribution in [0.4, 0.5) is 0 Å². The van der Waals surface area contributed by atoms with E-state index >= 15 is 0 Å². The first kappa shape index (κ1) is 30.5. The van der Waals surface area contributed by atoms with Gasteiger partial charge in [0.05, 0.1) is 30.8 Å². The molecule has 2 saturated heterocycles. The smallest absolute Gasteiger partial charge is 0.305 e. The Morgan fingerprint density at radius 1 is 1.22 bits per heavy atom. The summed E-state index contributed by atoms with van der Waals surface area (Å²) in [6, 6.07) is -0.130. The molecule has 2 heterocycles. The molecule has 206 valence electrons. The van der Waals surface area contributed by atoms with Crippen molar-refractivity contribution in [1.82, 2.24) is 5.32 Å². The fourth-order valence-corrected chi connectivity index (χ4v) is 4.54. The Hall–Kier alpha value is -2.75. The summed E-state index contributed by atoms with van der Waals surface area (Å²) in [4.78, 5) is 34.3. The van der Waals surface area contributed by atoms with E-state index < -0.39 is 36.4 Å². The third-order valence-corrected chi connectivity index (χ3v) is 6.61. The molecule has 0 radical (unpaired) electrons. The molecule has 0 aromatic rings. The van der Waals surface area contributed by atoms with Crippen LogP contribution in [0, 0.1) is 5.92 Å². The molecule has 37 heavy (non-hydrogen) atoms. The van der Waals surface area contributed by atoms with Gasteiger partial charge in [-0.25, -0.2) is 0 Å². The van der Waals surface area contributed by atoms with Gasteiger partial charge in [-0.05, 0) is 57.6 Å². The molecule has 2 aliphatic rings. The molecule has 0 spiro atoms. The molecule has 0 aliphatic carbocycles. The van der Waals surface area contributed by atoms with E-state index in [-0.39, 0.29) is 36.5 Å². The molecule has 0 aromatic carbocycles. The van der Waals surface area contributed by atoms with Crippen LogP contribution >= 0.6 is 0 Å². The number of allylic oxidation sites excluding steroid dienone is 2. The van der Waals surface area contributed by atoms with Crippen LogP contribution in [0.15, 0.2) is 48.1 Å². The van der Waals surface area contributed by atoms with Gasteiger partial charge < -0.3 is 29.7 Å². The SMILES string of the molecule is C=C1CC(CC(=O)O)O[C@H](/C=C/C(C)=C/C[C@@H]2O[C@H](C)[C@H](NC(=O)/C=C\[C@H](C)OC(C)=O)C[C@@H]2C)C1O. The lowest BCUT2D eigenvalue weighted by molar-refractivity contribution is -0.144. The zero-order valence-electron chi connectivity index (χ0n) is 22.4. The maximum atomic E-state index is 12.3. The van der Waals surface area contributed by atoms with E-state index in [4.69, 9.17) is 19.3 Å². The van der Waals surface area contributed by atoms with Crippen molar-refractivity contribution in [2.75, 3.05) is 0 Å². The second-order valence-corrected chi connectivity index (χ2v) is 10.1. The number of carboxylic acid groups (broad SMARTS) is 1. The highest BCUT2D eigenvalue weighted by molar-refractivity contribution is 5.87. The molecule has 2 rings (SSSR count). The van der Waals surface area contributed by atoms with Crippen LogP contribution in [0.3, 0.4) is 0 Å². The Balaban J connectivity index is 1.87. The monoisotopic (exact) mass is 519 g/mol. The number of carboxylic acids is 1. The summed E-state index contributed by atoms with van der Waals surface area (Å²) >= 11 is 0. The summed E-state index contributed by atoms with van der Waals surface area (Å²) in [6.07, 6.45) is 7.53. The van der Waals surface area contributed by atoms with E-state index in [1.807, 2.05) is 19.9 Å². The highest BCUT2D eigenvalue weighted by Crippen LogP contribution is 2.29. The summed E-state index contributed by atoms with van der Waals surface area (Å²) in [5.41, 5.74) is 1.54. The van der Waals surface area contributed by atoms with Crippen LogP contribution in [-0.2, 0) is 28.6 Å². The van der Waals surface area contributed by atoms with Crippen LogP contribution in [0.2, 0.25) is 0 Å². The van der Waals surface area contributed by atoms with Crippen molar-refractivity contribution >= 4 is 17.8 Å². The molecule has 3 N–H and O–H groups in total. The number of rotatable bonds is 10. The van der Waals surface area contributed by atoms with Gasteiger partial charge in [-0.15, -0.1) is 0 Å². The van der Waals surface area contributed by atoms with E-state index in [9.17, 15) is 19.5 Å². The number of aliphatic hydroxyl groups excluding tert-OH is 1. The van der Waals surface area contributed by atoms with Crippen molar-refractivity contribution in [2.24, 2.45) is 5.92 Å². The van der Waals surface area contributed by atoms with Gasteiger partial charge in [-0.2, -0.15) is 0 Å². The van der Waals surface area contributed by atoms with E-state index in [2.05, 4.69) is 24.9 Å². The third kappa shape index (κ3) is 10.3. The molecule has 1 amide bonds. The maximum Gasteiger partial charge on any atom is 0.305 e. The van der Waals surface area contributed by atoms with Crippen molar-refractivity contribution < 1.29 is 38.8 Å². The summed E-state index contributed by atoms with van der Waals surface area (Å²) in [7, 11) is 0. The van der Waals surface area contributed by atoms with Crippen LogP contribution in [0.1, 0.15) is 60.3 Å². The molecule has 0 saturated carbocycles. The van der Waals surface area contributed by atoms with Crippen molar-refractivity contribution in [3.8, 4) is 0 Å². The highest BCUT2D eigenvalue weighted by atomic mass is 16.5. The number of ether oxygens (including phenoxy) is 3. The quantitative estimate of drug-likeness (QED) is 0.174.